The Morgan fingerprint density at radius 1 is 0.882 bits per heavy atom. The third-order valence-electron chi connectivity index (χ3n) is 2.18. The first-order chi connectivity index (χ1) is 5.71. The van der Waals surface area contributed by atoms with Crippen molar-refractivity contribution in [3.63, 3.8) is 0 Å². The smallest absolute Gasteiger partial charge is 1.00 e. The van der Waals surface area contributed by atoms with Crippen LogP contribution in [0.3, 0.4) is 0 Å². The summed E-state index contributed by atoms with van der Waals surface area (Å²) in [5.41, 5.74) is 0.611. The van der Waals surface area contributed by atoms with Crippen molar-refractivity contribution in [1.29, 1.82) is 0 Å². The Labute approximate surface area is 141 Å². The first-order valence-electron chi connectivity index (χ1n) is 4.83. The molecule has 0 N–H and O–H groups in total. The second-order valence-corrected chi connectivity index (χ2v) is 6.99. The van der Waals surface area contributed by atoms with Crippen LogP contribution in [-0.4, -0.2) is 0 Å². The standard InChI is InChI=1S/C12H20P.3ClH.Ti/c1-11(2,3)9-7-8-10(13-9)12(4,5)6;;;;/h7,13H,1-6H3;3*1H;/q-1;;;;+4/p-3. The van der Waals surface area contributed by atoms with Crippen LogP contribution in [0.5, 0.6) is 0 Å². The maximum absolute atomic E-state index is 3.42. The summed E-state index contributed by atoms with van der Waals surface area (Å²) in [6, 6.07) is 5.61. The normalized spacial score (nSPS) is 10.7. The monoisotopic (exact) mass is 348 g/mol. The van der Waals surface area contributed by atoms with Gasteiger partial charge in [-0.2, -0.15) is 5.30 Å². The molecule has 0 amide bonds. The van der Waals surface area contributed by atoms with E-state index in [4.69, 9.17) is 0 Å². The van der Waals surface area contributed by atoms with Crippen LogP contribution in [0.2, 0.25) is 0 Å². The van der Waals surface area contributed by atoms with Gasteiger partial charge in [-0.3, -0.25) is 0 Å². The SMILES string of the molecule is CC(C)(C)c1[c-]cc(C(C)(C)C)[pH]1.[Cl-].[Cl-].[Cl-].[Ti+4]. The third-order valence-corrected chi connectivity index (χ3v) is 4.49. The maximum Gasteiger partial charge on any atom is 4.00 e. The van der Waals surface area contributed by atoms with Crippen LogP contribution >= 0.6 is 8.19 Å². The van der Waals surface area contributed by atoms with Gasteiger partial charge in [-0.15, -0.1) is 5.30 Å². The van der Waals surface area contributed by atoms with Gasteiger partial charge in [0.2, 0.25) is 0 Å². The predicted octanol–water partition coefficient (Wildman–Crippen LogP) is -4.88. The van der Waals surface area contributed by atoms with Gasteiger partial charge in [-0.05, 0) is 5.41 Å². The zero-order valence-electron chi connectivity index (χ0n) is 11.2. The second-order valence-electron chi connectivity index (χ2n) is 5.70. The summed E-state index contributed by atoms with van der Waals surface area (Å²) >= 11 is 0. The molecule has 98 valence electrons. The summed E-state index contributed by atoms with van der Waals surface area (Å²) < 4.78 is 0. The van der Waals surface area contributed by atoms with Crippen molar-refractivity contribution in [3.8, 4) is 0 Å². The second kappa shape index (κ2) is 9.30. The van der Waals surface area contributed by atoms with E-state index in [0.717, 1.165) is 8.19 Å². The summed E-state index contributed by atoms with van der Waals surface area (Å²) in [6.45, 7) is 13.6. The molecular formula is C12H20Cl3PTi. The van der Waals surface area contributed by atoms with Crippen molar-refractivity contribution in [1.82, 2.24) is 0 Å². The molecule has 1 aromatic rings. The van der Waals surface area contributed by atoms with Crippen molar-refractivity contribution in [2.75, 3.05) is 0 Å². The molecule has 0 aliphatic carbocycles. The van der Waals surface area contributed by atoms with Crippen molar-refractivity contribution >= 4 is 8.19 Å². The number of halogens is 3. The van der Waals surface area contributed by atoms with Crippen molar-refractivity contribution in [2.45, 2.75) is 52.4 Å². The van der Waals surface area contributed by atoms with E-state index in [1.54, 1.807) is 0 Å². The summed E-state index contributed by atoms with van der Waals surface area (Å²) in [6.07, 6.45) is 0. The average molecular weight is 349 g/mol. The Morgan fingerprint density at radius 3 is 1.47 bits per heavy atom. The first-order valence-corrected chi connectivity index (χ1v) is 5.83. The molecule has 5 heteroatoms. The fourth-order valence-electron chi connectivity index (χ4n) is 1.16. The van der Waals surface area contributed by atoms with E-state index < -0.39 is 0 Å². The Bertz CT molecular complexity index is 269. The predicted molar refractivity (Wildman–Crippen MR) is 62.2 cm³/mol. The quantitative estimate of drug-likeness (QED) is 0.326. The molecule has 0 saturated heterocycles. The van der Waals surface area contributed by atoms with Gasteiger partial charge in [0, 0.05) is 0 Å². The maximum atomic E-state index is 3.42. The number of hydrogen-bond acceptors (Lipinski definition) is 0. The minimum Gasteiger partial charge on any atom is -1.00 e. The van der Waals surface area contributed by atoms with E-state index in [0.29, 0.717) is 10.8 Å². The van der Waals surface area contributed by atoms with Gasteiger partial charge in [0.15, 0.2) is 0 Å². The minimum absolute atomic E-state index is 0. The summed E-state index contributed by atoms with van der Waals surface area (Å²) in [5, 5.41) is 3.01. The van der Waals surface area contributed by atoms with E-state index in [-0.39, 0.29) is 58.9 Å². The molecular weight excluding hydrogens is 329 g/mol. The van der Waals surface area contributed by atoms with E-state index in [2.05, 4.69) is 53.7 Å². The van der Waals surface area contributed by atoms with Crippen LogP contribution in [0.4, 0.5) is 0 Å². The Morgan fingerprint density at radius 2 is 1.29 bits per heavy atom. The van der Waals surface area contributed by atoms with Crippen LogP contribution < -0.4 is 37.2 Å². The first kappa shape index (κ1) is 26.8. The molecule has 0 aromatic carbocycles. The Balaban J connectivity index is -0.000000211. The molecule has 0 aliphatic heterocycles. The van der Waals surface area contributed by atoms with Gasteiger partial charge in [-0.1, -0.05) is 47.0 Å². The zero-order valence-corrected chi connectivity index (χ0v) is 16.0. The van der Waals surface area contributed by atoms with Gasteiger partial charge in [0.05, 0.1) is 0 Å². The van der Waals surface area contributed by atoms with Crippen LogP contribution in [0.25, 0.3) is 0 Å². The zero-order chi connectivity index (χ0) is 10.3. The topological polar surface area (TPSA) is 0 Å². The molecule has 1 heterocycles. The molecule has 1 aromatic heterocycles. The van der Waals surface area contributed by atoms with Crippen molar-refractivity contribution < 1.29 is 58.9 Å². The summed E-state index contributed by atoms with van der Waals surface area (Å²) in [4.78, 5) is 0. The number of hydrogen-bond donors (Lipinski definition) is 0. The van der Waals surface area contributed by atoms with Gasteiger partial charge in [0.1, 0.15) is 0 Å². The molecule has 0 radical (unpaired) electrons. The van der Waals surface area contributed by atoms with Crippen LogP contribution in [-0.2, 0) is 32.5 Å². The van der Waals surface area contributed by atoms with Gasteiger partial charge >= 0.3 is 21.7 Å². The third kappa shape index (κ3) is 8.20. The van der Waals surface area contributed by atoms with Crippen LogP contribution in [0.15, 0.2) is 6.07 Å². The van der Waals surface area contributed by atoms with Crippen LogP contribution in [0.1, 0.15) is 52.1 Å². The van der Waals surface area contributed by atoms with Gasteiger partial charge < -0.3 is 37.2 Å². The molecule has 0 bridgehead atoms. The molecule has 17 heavy (non-hydrogen) atoms. The van der Waals surface area contributed by atoms with Gasteiger partial charge in [-0.25, -0.2) is 20.3 Å². The molecule has 0 spiro atoms. The summed E-state index contributed by atoms with van der Waals surface area (Å²) in [5.74, 6) is 0. The van der Waals surface area contributed by atoms with E-state index in [1.165, 1.54) is 10.6 Å². The average Bonchev–Trinajstić information content (AvgIpc) is 2.28. The fraction of sp³-hybridized carbons (Fsp3) is 0.667. The van der Waals surface area contributed by atoms with Crippen molar-refractivity contribution in [3.05, 3.63) is 22.7 Å². The molecule has 0 nitrogen and oxygen atoms in total. The van der Waals surface area contributed by atoms with E-state index in [9.17, 15) is 0 Å². The molecule has 0 fully saturated rings. The van der Waals surface area contributed by atoms with Crippen LogP contribution in [0, 0.1) is 6.07 Å². The molecule has 1 unspecified atom stereocenters. The molecule has 0 aliphatic rings. The minimum atomic E-state index is 0. The van der Waals surface area contributed by atoms with E-state index >= 15 is 0 Å². The molecule has 1 rings (SSSR count). The summed E-state index contributed by atoms with van der Waals surface area (Å²) in [7, 11) is 0.860. The largest absolute Gasteiger partial charge is 4.00 e. The molecule has 1 atom stereocenters. The Hall–Kier alpha value is 1.36. The molecule has 0 saturated carbocycles. The van der Waals surface area contributed by atoms with Crippen molar-refractivity contribution in [2.24, 2.45) is 0 Å². The van der Waals surface area contributed by atoms with E-state index in [1.807, 2.05) is 0 Å². The Kier molecular flexibility index (Phi) is 14.7. The fourth-order valence-corrected chi connectivity index (χ4v) is 2.47. The van der Waals surface area contributed by atoms with Gasteiger partial charge in [0.25, 0.3) is 0 Å². The number of rotatable bonds is 0.